The Morgan fingerprint density at radius 1 is 1.00 bits per heavy atom. The summed E-state index contributed by atoms with van der Waals surface area (Å²) in [4.78, 5) is 18.7. The van der Waals surface area contributed by atoms with Crippen molar-refractivity contribution in [2.24, 2.45) is 5.41 Å². The molecule has 7 heteroatoms. The van der Waals surface area contributed by atoms with Crippen LogP contribution in [0, 0.1) is 18.2 Å². The molecule has 4 aromatic rings. The molecule has 37 heavy (non-hydrogen) atoms. The van der Waals surface area contributed by atoms with Crippen molar-refractivity contribution in [1.82, 2.24) is 14.6 Å². The van der Waals surface area contributed by atoms with Crippen LogP contribution in [0.5, 0.6) is 0 Å². The first-order valence-electron chi connectivity index (χ1n) is 12.9. The molecule has 2 aromatic carbocycles. The Bertz CT molecular complexity index is 1400. The molecule has 0 unspecified atom stereocenters. The average Bonchev–Trinajstić information content (AvgIpc) is 3.30. The molecule has 0 atom stereocenters. The summed E-state index contributed by atoms with van der Waals surface area (Å²) in [6, 6.07) is 16.3. The smallest absolute Gasteiger partial charge is 0.308 e. The maximum atomic E-state index is 13.4. The van der Waals surface area contributed by atoms with Gasteiger partial charge in [0.25, 0.3) is 0 Å². The first-order valence-corrected chi connectivity index (χ1v) is 12.9. The summed E-state index contributed by atoms with van der Waals surface area (Å²) in [5, 5.41) is 14.5. The van der Waals surface area contributed by atoms with Gasteiger partial charge in [-0.2, -0.15) is 9.61 Å². The third-order valence-corrected chi connectivity index (χ3v) is 6.96. The van der Waals surface area contributed by atoms with E-state index in [-0.39, 0.29) is 17.7 Å². The highest BCUT2D eigenvalue weighted by molar-refractivity contribution is 5.76. The van der Waals surface area contributed by atoms with Gasteiger partial charge in [0, 0.05) is 36.0 Å². The monoisotopic (exact) mass is 502 g/mol. The number of benzene rings is 2. The van der Waals surface area contributed by atoms with Crippen LogP contribution in [0.25, 0.3) is 28.0 Å². The van der Waals surface area contributed by atoms with Crippen molar-refractivity contribution in [2.45, 2.75) is 53.9 Å². The summed E-state index contributed by atoms with van der Waals surface area (Å²) in [7, 11) is 0. The Morgan fingerprint density at radius 3 is 2.30 bits per heavy atom. The number of aliphatic carboxylic acids is 1. The van der Waals surface area contributed by atoms with E-state index in [1.165, 1.54) is 12.1 Å². The second kappa shape index (κ2) is 10.7. The van der Waals surface area contributed by atoms with Gasteiger partial charge in [-0.3, -0.25) is 4.79 Å². The topological polar surface area (TPSA) is 70.7 Å². The number of hydrogen-bond donors (Lipinski definition) is 1. The van der Waals surface area contributed by atoms with Crippen LogP contribution in [-0.4, -0.2) is 38.8 Å². The summed E-state index contributed by atoms with van der Waals surface area (Å²) >= 11 is 0. The molecule has 6 nitrogen and oxygen atoms in total. The number of carbonyl (C=O) groups is 1. The number of rotatable bonds is 5. The van der Waals surface area contributed by atoms with Gasteiger partial charge in [0.2, 0.25) is 0 Å². The number of carboxylic acids is 1. The summed E-state index contributed by atoms with van der Waals surface area (Å²) in [5.41, 5.74) is 5.94. The number of anilines is 1. The summed E-state index contributed by atoms with van der Waals surface area (Å²) < 4.78 is 15.2. The highest BCUT2D eigenvalue weighted by atomic mass is 19.1. The van der Waals surface area contributed by atoms with Gasteiger partial charge in [-0.15, -0.1) is 0 Å². The van der Waals surface area contributed by atoms with Crippen molar-refractivity contribution >= 4 is 17.4 Å². The molecule has 1 aliphatic rings. The molecule has 1 saturated heterocycles. The fourth-order valence-electron chi connectivity index (χ4n) is 4.78. The van der Waals surface area contributed by atoms with Gasteiger partial charge < -0.3 is 10.0 Å². The lowest BCUT2D eigenvalue weighted by atomic mass is 9.82. The molecule has 0 bridgehead atoms. The van der Waals surface area contributed by atoms with Crippen molar-refractivity contribution in [3.8, 4) is 22.4 Å². The van der Waals surface area contributed by atoms with Crippen LogP contribution < -0.4 is 4.90 Å². The Balaban J connectivity index is 0.00000156. The van der Waals surface area contributed by atoms with Crippen LogP contribution in [0.4, 0.5) is 10.2 Å². The standard InChI is InChI=1S/C28H29FN4O2.C2H6/c1-18-23(16-26(34)35)27(32-13-11-28(2,3)12-14-32)33-25(30-18)17-24(31-33)21-6-4-5-20(15-21)19-7-9-22(29)10-8-19;1-2/h4-10,15,17H,11-14,16H2,1-3H3,(H,34,35);1-2H3. The van der Waals surface area contributed by atoms with Gasteiger partial charge in [0.1, 0.15) is 11.6 Å². The fraction of sp³-hybridized carbons (Fsp3) is 0.367. The molecule has 0 saturated carbocycles. The van der Waals surface area contributed by atoms with Gasteiger partial charge in [0.15, 0.2) is 5.65 Å². The molecule has 0 spiro atoms. The second-order valence-electron chi connectivity index (χ2n) is 10.1. The predicted octanol–water partition coefficient (Wildman–Crippen LogP) is 6.79. The van der Waals surface area contributed by atoms with Crippen molar-refractivity contribution < 1.29 is 14.3 Å². The van der Waals surface area contributed by atoms with E-state index in [9.17, 15) is 14.3 Å². The lowest BCUT2D eigenvalue weighted by Gasteiger charge is -2.38. The van der Waals surface area contributed by atoms with Crippen molar-refractivity contribution in [1.29, 1.82) is 0 Å². The van der Waals surface area contributed by atoms with Crippen LogP contribution in [0.1, 0.15) is 51.8 Å². The Kier molecular flexibility index (Phi) is 7.62. The molecule has 0 amide bonds. The molecule has 1 fully saturated rings. The molecular formula is C30H35FN4O2. The first-order chi connectivity index (χ1) is 17.7. The molecule has 1 N–H and O–H groups in total. The maximum Gasteiger partial charge on any atom is 0.308 e. The molecule has 0 aliphatic carbocycles. The predicted molar refractivity (Wildman–Crippen MR) is 146 cm³/mol. The first kappa shape index (κ1) is 26.3. The lowest BCUT2D eigenvalue weighted by molar-refractivity contribution is -0.136. The molecule has 0 radical (unpaired) electrons. The fourth-order valence-corrected chi connectivity index (χ4v) is 4.78. The highest BCUT2D eigenvalue weighted by Gasteiger charge is 2.29. The third kappa shape index (κ3) is 5.66. The van der Waals surface area contributed by atoms with E-state index in [4.69, 9.17) is 10.1 Å². The Hall–Kier alpha value is -3.74. The molecule has 2 aromatic heterocycles. The van der Waals surface area contributed by atoms with Gasteiger partial charge >= 0.3 is 5.97 Å². The number of fused-ring (bicyclic) bond motifs is 1. The zero-order valence-electron chi connectivity index (χ0n) is 22.3. The van der Waals surface area contributed by atoms with E-state index >= 15 is 0 Å². The van der Waals surface area contributed by atoms with Crippen molar-refractivity contribution in [3.05, 3.63) is 71.7 Å². The van der Waals surface area contributed by atoms with E-state index < -0.39 is 5.97 Å². The number of piperidine rings is 1. The molecule has 3 heterocycles. The van der Waals surface area contributed by atoms with Gasteiger partial charge in [-0.25, -0.2) is 9.37 Å². The van der Waals surface area contributed by atoms with Gasteiger partial charge in [-0.05, 0) is 54.5 Å². The zero-order valence-corrected chi connectivity index (χ0v) is 22.3. The average molecular weight is 503 g/mol. The van der Waals surface area contributed by atoms with Crippen LogP contribution in [-0.2, 0) is 11.2 Å². The molecule has 1 aliphatic heterocycles. The Labute approximate surface area is 217 Å². The lowest BCUT2D eigenvalue weighted by Crippen LogP contribution is -2.39. The Morgan fingerprint density at radius 2 is 1.65 bits per heavy atom. The molecule has 194 valence electrons. The van der Waals surface area contributed by atoms with Crippen LogP contribution >= 0.6 is 0 Å². The second-order valence-corrected chi connectivity index (χ2v) is 10.1. The van der Waals surface area contributed by atoms with Crippen LogP contribution in [0.2, 0.25) is 0 Å². The van der Waals surface area contributed by atoms with Crippen molar-refractivity contribution in [2.75, 3.05) is 18.0 Å². The van der Waals surface area contributed by atoms with E-state index in [0.29, 0.717) is 16.9 Å². The minimum Gasteiger partial charge on any atom is -0.481 e. The minimum atomic E-state index is -0.882. The van der Waals surface area contributed by atoms with E-state index in [0.717, 1.165) is 54.1 Å². The third-order valence-electron chi connectivity index (χ3n) is 6.96. The van der Waals surface area contributed by atoms with E-state index in [2.05, 4.69) is 18.7 Å². The summed E-state index contributed by atoms with van der Waals surface area (Å²) in [6.45, 7) is 12.1. The number of carboxylic acid groups (broad SMARTS) is 1. The van der Waals surface area contributed by atoms with Gasteiger partial charge in [0.05, 0.1) is 12.1 Å². The number of halogens is 1. The number of aromatic nitrogens is 3. The largest absolute Gasteiger partial charge is 0.481 e. The van der Waals surface area contributed by atoms with E-state index in [1.54, 1.807) is 12.1 Å². The van der Waals surface area contributed by atoms with Gasteiger partial charge in [-0.1, -0.05) is 58.0 Å². The highest BCUT2D eigenvalue weighted by Crippen LogP contribution is 2.35. The molecular weight excluding hydrogens is 467 g/mol. The quantitative estimate of drug-likeness (QED) is 0.325. The van der Waals surface area contributed by atoms with Crippen molar-refractivity contribution in [3.63, 3.8) is 0 Å². The summed E-state index contributed by atoms with van der Waals surface area (Å²) in [5.74, 6) is -0.323. The SMILES string of the molecule is CC.Cc1nc2cc(-c3cccc(-c4ccc(F)cc4)c3)nn2c(N2CCC(C)(C)CC2)c1CC(=O)O. The number of hydrogen-bond acceptors (Lipinski definition) is 4. The minimum absolute atomic E-state index is 0.0980. The number of nitrogens with zero attached hydrogens (tertiary/aromatic N) is 4. The number of aryl methyl sites for hydroxylation is 1. The normalized spacial score (nSPS) is 14.8. The molecule has 5 rings (SSSR count). The van der Waals surface area contributed by atoms with E-state index in [1.807, 2.05) is 55.6 Å². The summed E-state index contributed by atoms with van der Waals surface area (Å²) in [6.07, 6.45) is 1.95. The van der Waals surface area contributed by atoms with Crippen LogP contribution in [0.3, 0.4) is 0 Å². The van der Waals surface area contributed by atoms with Crippen LogP contribution in [0.15, 0.2) is 54.6 Å². The zero-order chi connectivity index (χ0) is 26.7. The maximum absolute atomic E-state index is 13.4.